The van der Waals surface area contributed by atoms with Crippen LogP contribution < -0.4 is 20.9 Å². The van der Waals surface area contributed by atoms with Gasteiger partial charge in [-0.15, -0.1) is 0 Å². The van der Waals surface area contributed by atoms with Crippen molar-refractivity contribution in [3.05, 3.63) is 215 Å². The summed E-state index contributed by atoms with van der Waals surface area (Å²) in [6.45, 7) is 4.05. The summed E-state index contributed by atoms with van der Waals surface area (Å²) in [6.07, 6.45) is 0. The van der Waals surface area contributed by atoms with Crippen LogP contribution in [-0.4, -0.2) is 0 Å². The third-order valence-electron chi connectivity index (χ3n) is 10.9. The average molecular weight is 713 g/mol. The molecule has 0 saturated heterocycles. The van der Waals surface area contributed by atoms with E-state index in [-0.39, 0.29) is 0 Å². The molecule has 1 aliphatic rings. The number of hydrogen-bond donors (Lipinski definition) is 2. The maximum Gasteiger partial charge on any atom is 0.153 e. The molecule has 266 valence electrons. The van der Waals surface area contributed by atoms with Crippen LogP contribution in [0.5, 0.6) is 23.0 Å². The van der Waals surface area contributed by atoms with Crippen LogP contribution in [0.2, 0.25) is 0 Å². The van der Waals surface area contributed by atoms with E-state index in [1.807, 2.05) is 62.4 Å². The quantitative estimate of drug-likeness (QED) is 0.154. The highest BCUT2D eigenvalue weighted by atomic mass is 16.5. The molecule has 55 heavy (non-hydrogen) atoms. The van der Waals surface area contributed by atoms with E-state index < -0.39 is 5.41 Å². The average Bonchev–Trinajstić information content (AvgIpc) is 3.52. The number of rotatable bonds is 8. The summed E-state index contributed by atoms with van der Waals surface area (Å²) in [7, 11) is 0. The lowest BCUT2D eigenvalue weighted by atomic mass is 9.67. The van der Waals surface area contributed by atoms with E-state index in [4.69, 9.17) is 20.9 Å². The lowest BCUT2D eigenvalue weighted by Gasteiger charge is -2.35. The number of benzene rings is 8. The van der Waals surface area contributed by atoms with Gasteiger partial charge in [-0.1, -0.05) is 146 Å². The van der Waals surface area contributed by atoms with Crippen LogP contribution in [0.4, 0.5) is 11.4 Å². The predicted molar refractivity (Wildman–Crippen MR) is 226 cm³/mol. The summed E-state index contributed by atoms with van der Waals surface area (Å²) in [4.78, 5) is 0. The highest BCUT2D eigenvalue weighted by molar-refractivity contribution is 5.88. The zero-order chi connectivity index (χ0) is 37.5. The van der Waals surface area contributed by atoms with Gasteiger partial charge in [0.15, 0.2) is 11.5 Å². The van der Waals surface area contributed by atoms with E-state index >= 15 is 0 Å². The van der Waals surface area contributed by atoms with Crippen molar-refractivity contribution in [2.45, 2.75) is 19.3 Å². The molecule has 8 aromatic rings. The van der Waals surface area contributed by atoms with Gasteiger partial charge in [0.1, 0.15) is 11.5 Å². The zero-order valence-corrected chi connectivity index (χ0v) is 30.8. The van der Waals surface area contributed by atoms with Crippen LogP contribution in [0.1, 0.15) is 33.4 Å². The van der Waals surface area contributed by atoms with Gasteiger partial charge in [0.2, 0.25) is 0 Å². The second-order valence-electron chi connectivity index (χ2n) is 14.2. The van der Waals surface area contributed by atoms with Gasteiger partial charge in [0.05, 0.1) is 16.8 Å². The number of para-hydroxylation sites is 2. The molecule has 0 spiro atoms. The zero-order valence-electron chi connectivity index (χ0n) is 30.8. The minimum absolute atomic E-state index is 0.599. The van der Waals surface area contributed by atoms with Gasteiger partial charge in [0, 0.05) is 11.1 Å². The van der Waals surface area contributed by atoms with Crippen LogP contribution in [0.15, 0.2) is 182 Å². The maximum absolute atomic E-state index is 6.74. The summed E-state index contributed by atoms with van der Waals surface area (Å²) in [5, 5.41) is 0. The van der Waals surface area contributed by atoms with Gasteiger partial charge in [-0.05, 0) is 106 Å². The molecule has 0 aromatic heterocycles. The van der Waals surface area contributed by atoms with Crippen LogP contribution in [0, 0.1) is 13.8 Å². The van der Waals surface area contributed by atoms with E-state index in [0.29, 0.717) is 22.9 Å². The second-order valence-corrected chi connectivity index (χ2v) is 14.2. The summed E-state index contributed by atoms with van der Waals surface area (Å²) in [5.74, 6) is 2.79. The topological polar surface area (TPSA) is 70.5 Å². The fourth-order valence-corrected chi connectivity index (χ4v) is 8.26. The van der Waals surface area contributed by atoms with E-state index in [9.17, 15) is 0 Å². The standard InChI is InChI=1S/C51H40N2O2/c1-33-15-13-25-45(52)49(33)54-47-29-27-37(31-41(47)35-17-5-3-6-18-35)51(43-23-11-9-21-39(43)40-22-10-12-24-44(40)51)38-28-30-48(42(32-38)36-19-7-4-8-20-36)55-50-34(2)16-14-26-46(50)53/h3-32H,52-53H2,1-2H3. The third-order valence-corrected chi connectivity index (χ3v) is 10.9. The first-order chi connectivity index (χ1) is 26.9. The molecule has 4 nitrogen and oxygen atoms in total. The van der Waals surface area contributed by atoms with Gasteiger partial charge in [0.25, 0.3) is 0 Å². The summed E-state index contributed by atoms with van der Waals surface area (Å²) >= 11 is 0. The lowest BCUT2D eigenvalue weighted by Crippen LogP contribution is -2.28. The number of aryl methyl sites for hydroxylation is 2. The summed E-state index contributed by atoms with van der Waals surface area (Å²) in [6, 6.07) is 63.4. The molecule has 0 unspecified atom stereocenters. The van der Waals surface area contributed by atoms with Gasteiger partial charge in [-0.2, -0.15) is 0 Å². The molecule has 9 rings (SSSR count). The molecule has 0 bridgehead atoms. The van der Waals surface area contributed by atoms with Crippen LogP contribution in [-0.2, 0) is 5.41 Å². The molecule has 0 aliphatic heterocycles. The van der Waals surface area contributed by atoms with Crippen LogP contribution >= 0.6 is 0 Å². The maximum atomic E-state index is 6.74. The minimum Gasteiger partial charge on any atom is -0.454 e. The molecular formula is C51H40N2O2. The van der Waals surface area contributed by atoms with Crippen molar-refractivity contribution in [3.63, 3.8) is 0 Å². The molecular weight excluding hydrogens is 673 g/mol. The van der Waals surface area contributed by atoms with E-state index in [1.165, 1.54) is 22.3 Å². The fraction of sp³-hybridized carbons (Fsp3) is 0.0588. The highest BCUT2D eigenvalue weighted by Crippen LogP contribution is 2.58. The highest BCUT2D eigenvalue weighted by Gasteiger charge is 2.46. The van der Waals surface area contributed by atoms with Crippen molar-refractivity contribution in [1.29, 1.82) is 0 Å². The van der Waals surface area contributed by atoms with E-state index in [2.05, 4.69) is 133 Å². The Morgan fingerprint density at radius 1 is 0.382 bits per heavy atom. The number of fused-ring (bicyclic) bond motifs is 3. The summed E-state index contributed by atoms with van der Waals surface area (Å²) < 4.78 is 13.5. The number of nitrogen functional groups attached to an aromatic ring is 2. The van der Waals surface area contributed by atoms with Gasteiger partial charge in [-0.3, -0.25) is 0 Å². The molecule has 0 radical (unpaired) electrons. The Hall–Kier alpha value is -7.04. The Labute approximate surface area is 322 Å². The number of hydrogen-bond acceptors (Lipinski definition) is 4. The van der Waals surface area contributed by atoms with Crippen molar-refractivity contribution in [2.75, 3.05) is 11.5 Å². The Bertz CT molecular complexity index is 2470. The normalized spacial score (nSPS) is 12.5. The SMILES string of the molecule is Cc1cccc(N)c1Oc1ccc(C2(c3ccc(Oc4c(C)cccc4N)c(-c4ccccc4)c3)c3ccccc3-c3ccccc32)cc1-c1ccccc1. The largest absolute Gasteiger partial charge is 0.454 e. The first-order valence-electron chi connectivity index (χ1n) is 18.6. The summed E-state index contributed by atoms with van der Waals surface area (Å²) in [5.41, 5.74) is 26.5. The Morgan fingerprint density at radius 2 is 0.782 bits per heavy atom. The Balaban J connectivity index is 1.33. The van der Waals surface area contributed by atoms with Crippen molar-refractivity contribution < 1.29 is 9.47 Å². The van der Waals surface area contributed by atoms with Crippen LogP contribution in [0.25, 0.3) is 33.4 Å². The van der Waals surface area contributed by atoms with Gasteiger partial charge >= 0.3 is 0 Å². The fourth-order valence-electron chi connectivity index (χ4n) is 8.26. The van der Waals surface area contributed by atoms with E-state index in [1.54, 1.807) is 0 Å². The molecule has 4 N–H and O–H groups in total. The molecule has 0 amide bonds. The Morgan fingerprint density at radius 3 is 1.20 bits per heavy atom. The molecule has 1 aliphatic carbocycles. The first-order valence-corrected chi connectivity index (χ1v) is 18.6. The molecule has 8 aromatic carbocycles. The van der Waals surface area contributed by atoms with Gasteiger partial charge in [-0.25, -0.2) is 0 Å². The minimum atomic E-state index is -0.694. The monoisotopic (exact) mass is 712 g/mol. The molecule has 0 atom stereocenters. The van der Waals surface area contributed by atoms with Crippen LogP contribution in [0.3, 0.4) is 0 Å². The molecule has 0 saturated carbocycles. The van der Waals surface area contributed by atoms with Crippen molar-refractivity contribution >= 4 is 11.4 Å². The smallest absolute Gasteiger partial charge is 0.153 e. The second kappa shape index (κ2) is 13.7. The predicted octanol–water partition coefficient (Wildman–Crippen LogP) is 12.7. The van der Waals surface area contributed by atoms with E-state index in [0.717, 1.165) is 56.0 Å². The number of anilines is 2. The molecule has 0 heterocycles. The number of ether oxygens (including phenoxy) is 2. The van der Waals surface area contributed by atoms with Gasteiger partial charge < -0.3 is 20.9 Å². The van der Waals surface area contributed by atoms with Crippen molar-refractivity contribution in [3.8, 4) is 56.4 Å². The molecule has 4 heteroatoms. The number of nitrogens with two attached hydrogens (primary N) is 2. The Kier molecular flexibility index (Phi) is 8.44. The third kappa shape index (κ3) is 5.71. The molecule has 0 fully saturated rings. The van der Waals surface area contributed by atoms with Crippen molar-refractivity contribution in [2.24, 2.45) is 0 Å². The lowest BCUT2D eigenvalue weighted by molar-refractivity contribution is 0.482. The van der Waals surface area contributed by atoms with Crippen molar-refractivity contribution in [1.82, 2.24) is 0 Å². The first kappa shape index (κ1) is 33.8.